The number of nitrogens with zero attached hydrogens (tertiary/aromatic N) is 2. The average molecular weight is 893 g/mol. The Balaban J connectivity index is 0.935. The van der Waals surface area contributed by atoms with Crippen molar-refractivity contribution >= 4 is 44.9 Å². The molecule has 0 saturated heterocycles. The highest BCUT2D eigenvalue weighted by molar-refractivity contribution is 6.00. The van der Waals surface area contributed by atoms with Crippen LogP contribution in [0.1, 0.15) is 47.2 Å². The summed E-state index contributed by atoms with van der Waals surface area (Å²) in [6.45, 7) is 4.81. The minimum atomic E-state index is -0.448. The van der Waals surface area contributed by atoms with Gasteiger partial charge in [-0.15, -0.1) is 0 Å². The quantitative estimate of drug-likeness (QED) is 0.157. The lowest BCUT2D eigenvalue weighted by atomic mass is 9.70. The van der Waals surface area contributed by atoms with Crippen molar-refractivity contribution in [2.45, 2.75) is 24.7 Å². The molecule has 0 bridgehead atoms. The van der Waals surface area contributed by atoms with Crippen LogP contribution < -0.4 is 9.80 Å². The van der Waals surface area contributed by atoms with Crippen molar-refractivity contribution in [1.82, 2.24) is 0 Å². The van der Waals surface area contributed by atoms with Gasteiger partial charge in [0.2, 0.25) is 0 Å². The van der Waals surface area contributed by atoms with E-state index in [2.05, 4.69) is 278 Å². The van der Waals surface area contributed by atoms with Crippen LogP contribution in [0.3, 0.4) is 0 Å². The van der Waals surface area contributed by atoms with Crippen molar-refractivity contribution in [3.05, 3.63) is 288 Å². The van der Waals surface area contributed by atoms with Crippen LogP contribution in [0.4, 0.5) is 34.1 Å². The van der Waals surface area contributed by atoms with Crippen LogP contribution in [0.2, 0.25) is 0 Å². The molecule has 0 amide bonds. The molecule has 0 radical (unpaired) electrons. The number of anilines is 6. The Morgan fingerprint density at radius 3 is 1.26 bits per heavy atom. The van der Waals surface area contributed by atoms with E-state index in [0.717, 1.165) is 34.1 Å². The summed E-state index contributed by atoms with van der Waals surface area (Å²) in [5.74, 6) is 0. The monoisotopic (exact) mass is 892 g/mol. The molecule has 330 valence electrons. The van der Waals surface area contributed by atoms with Crippen molar-refractivity contribution in [3.63, 3.8) is 0 Å². The Kier molecular flexibility index (Phi) is 8.88. The molecule has 0 unspecified atom stereocenters. The van der Waals surface area contributed by atoms with Gasteiger partial charge in [0, 0.05) is 39.2 Å². The van der Waals surface area contributed by atoms with Gasteiger partial charge in [0.05, 0.1) is 11.1 Å². The van der Waals surface area contributed by atoms with Crippen LogP contribution in [0.15, 0.2) is 255 Å². The predicted molar refractivity (Wildman–Crippen MR) is 293 cm³/mol. The highest BCUT2D eigenvalue weighted by Crippen LogP contribution is 2.63. The molecule has 1 spiro atoms. The van der Waals surface area contributed by atoms with Gasteiger partial charge < -0.3 is 9.80 Å². The first-order valence-corrected chi connectivity index (χ1v) is 24.5. The Morgan fingerprint density at radius 1 is 0.271 bits per heavy atom. The molecule has 0 N–H and O–H groups in total. The Hall–Kier alpha value is -8.72. The molecule has 2 nitrogen and oxygen atoms in total. The summed E-state index contributed by atoms with van der Waals surface area (Å²) in [7, 11) is 0. The van der Waals surface area contributed by atoms with Crippen molar-refractivity contribution < 1.29 is 0 Å². The van der Waals surface area contributed by atoms with E-state index in [0.29, 0.717) is 0 Å². The summed E-state index contributed by atoms with van der Waals surface area (Å²) in [5, 5.41) is 2.45. The maximum absolute atomic E-state index is 2.50. The van der Waals surface area contributed by atoms with Gasteiger partial charge in [-0.05, 0) is 150 Å². The zero-order chi connectivity index (χ0) is 46.6. The van der Waals surface area contributed by atoms with Gasteiger partial charge in [0.15, 0.2) is 0 Å². The van der Waals surface area contributed by atoms with Crippen LogP contribution in [-0.2, 0) is 10.8 Å². The topological polar surface area (TPSA) is 6.48 Å². The first-order valence-electron chi connectivity index (χ1n) is 24.5. The Morgan fingerprint density at radius 2 is 0.671 bits per heavy atom. The molecule has 0 aromatic heterocycles. The first kappa shape index (κ1) is 40.4. The fourth-order valence-corrected chi connectivity index (χ4v) is 12.5. The molecule has 0 heterocycles. The fraction of sp³-hybridized carbons (Fsp3) is 0.0588. The number of rotatable bonds is 7. The van der Waals surface area contributed by atoms with E-state index in [1.54, 1.807) is 0 Å². The molecule has 0 atom stereocenters. The fourth-order valence-electron chi connectivity index (χ4n) is 12.5. The highest BCUT2D eigenvalue weighted by Gasteiger charge is 2.51. The lowest BCUT2D eigenvalue weighted by molar-refractivity contribution is 0.660. The standard InChI is InChI=1S/C68H48N2/c1-67(2)63-42-50(36-39-57(63)58-40-38-52(43-64(58)67)70(48-22-7-4-8-23-48)66-31-17-21-47-20-9-10-24-53(47)66)69(49-34-32-46(33-35-49)45-18-5-3-6-19-45)51-37-41-59-56-27-13-16-30-62(56)68(65(59)44-51)60-28-14-11-25-54(60)55-26-12-15-29-61(55)68/h3-44H,1-2H3. The van der Waals surface area contributed by atoms with Crippen LogP contribution in [-0.4, -0.2) is 0 Å². The molecule has 70 heavy (non-hydrogen) atoms. The summed E-state index contributed by atoms with van der Waals surface area (Å²) in [6.07, 6.45) is 0. The number of hydrogen-bond acceptors (Lipinski definition) is 2. The molecule has 0 aliphatic heterocycles. The highest BCUT2D eigenvalue weighted by atomic mass is 15.1. The predicted octanol–water partition coefficient (Wildman–Crippen LogP) is 18.1. The van der Waals surface area contributed by atoms with E-state index in [1.807, 2.05) is 0 Å². The zero-order valence-corrected chi connectivity index (χ0v) is 39.1. The van der Waals surface area contributed by atoms with Crippen LogP contribution in [0, 0.1) is 0 Å². The van der Waals surface area contributed by atoms with Crippen molar-refractivity contribution in [2.24, 2.45) is 0 Å². The molecular weight excluding hydrogens is 845 g/mol. The summed E-state index contributed by atoms with van der Waals surface area (Å²) in [6, 6.07) is 94.7. The molecule has 0 fully saturated rings. The van der Waals surface area contributed by atoms with Gasteiger partial charge in [-0.25, -0.2) is 0 Å². The zero-order valence-electron chi connectivity index (χ0n) is 39.1. The summed E-state index contributed by atoms with van der Waals surface area (Å²) in [5.41, 5.74) is 24.3. The van der Waals surface area contributed by atoms with Crippen molar-refractivity contribution in [1.29, 1.82) is 0 Å². The molecule has 14 rings (SSSR count). The van der Waals surface area contributed by atoms with Gasteiger partial charge in [-0.3, -0.25) is 0 Å². The smallest absolute Gasteiger partial charge is 0.0726 e. The SMILES string of the molecule is CC1(C)c2cc(N(c3ccc(-c4ccccc4)cc3)c3ccc4c(c3)C3(c5ccccc5-c5ccccc53)c3ccccc3-4)ccc2-c2ccc(N(c3ccccc3)c3cccc4ccccc34)cc21. The maximum atomic E-state index is 2.50. The van der Waals surface area contributed by atoms with Crippen molar-refractivity contribution in [3.8, 4) is 44.5 Å². The number of benzene rings is 11. The Labute approximate surface area is 410 Å². The minimum Gasteiger partial charge on any atom is -0.310 e. The average Bonchev–Trinajstić information content (AvgIpc) is 3.97. The molecule has 3 aliphatic carbocycles. The third-order valence-electron chi connectivity index (χ3n) is 15.7. The second kappa shape index (κ2) is 15.4. The third-order valence-corrected chi connectivity index (χ3v) is 15.7. The molecular formula is C68H48N2. The summed E-state index contributed by atoms with van der Waals surface area (Å²) < 4.78 is 0. The molecule has 2 heteroatoms. The molecule has 11 aromatic rings. The van der Waals surface area contributed by atoms with Gasteiger partial charge in [0.25, 0.3) is 0 Å². The maximum Gasteiger partial charge on any atom is 0.0726 e. The molecule has 3 aliphatic rings. The summed E-state index contributed by atoms with van der Waals surface area (Å²) >= 11 is 0. The van der Waals surface area contributed by atoms with E-state index in [9.17, 15) is 0 Å². The molecule has 11 aromatic carbocycles. The minimum absolute atomic E-state index is 0.290. The summed E-state index contributed by atoms with van der Waals surface area (Å²) in [4.78, 5) is 4.91. The van der Waals surface area contributed by atoms with Crippen LogP contribution in [0.5, 0.6) is 0 Å². The van der Waals surface area contributed by atoms with Gasteiger partial charge in [-0.2, -0.15) is 0 Å². The van der Waals surface area contributed by atoms with E-state index >= 15 is 0 Å². The number of para-hydroxylation sites is 1. The van der Waals surface area contributed by atoms with Gasteiger partial charge in [0.1, 0.15) is 0 Å². The van der Waals surface area contributed by atoms with Gasteiger partial charge >= 0.3 is 0 Å². The lowest BCUT2D eigenvalue weighted by Crippen LogP contribution is -2.26. The van der Waals surface area contributed by atoms with E-state index in [4.69, 9.17) is 0 Å². The second-order valence-corrected chi connectivity index (χ2v) is 19.6. The van der Waals surface area contributed by atoms with E-state index in [-0.39, 0.29) is 5.41 Å². The number of hydrogen-bond donors (Lipinski definition) is 0. The van der Waals surface area contributed by atoms with Crippen molar-refractivity contribution in [2.75, 3.05) is 9.80 Å². The normalized spacial score (nSPS) is 13.8. The number of fused-ring (bicyclic) bond motifs is 14. The van der Waals surface area contributed by atoms with E-state index in [1.165, 1.54) is 88.7 Å². The third kappa shape index (κ3) is 5.80. The largest absolute Gasteiger partial charge is 0.310 e. The first-order chi connectivity index (χ1) is 34.5. The van der Waals surface area contributed by atoms with Gasteiger partial charge in [-0.1, -0.05) is 202 Å². The van der Waals surface area contributed by atoms with Crippen LogP contribution >= 0.6 is 0 Å². The Bertz CT molecular complexity index is 3800. The molecule has 0 saturated carbocycles. The lowest BCUT2D eigenvalue weighted by Gasteiger charge is -2.32. The van der Waals surface area contributed by atoms with E-state index < -0.39 is 5.41 Å². The van der Waals surface area contributed by atoms with Crippen LogP contribution in [0.25, 0.3) is 55.3 Å². The second-order valence-electron chi connectivity index (χ2n) is 19.6.